The predicted octanol–water partition coefficient (Wildman–Crippen LogP) is 4.07. The number of carbonyl (C=O) groups is 1. The number of hydrogen-bond donors (Lipinski definition) is 0. The number of carbonyl (C=O) groups excluding carboxylic acids is 1. The number of benzene rings is 2. The summed E-state index contributed by atoms with van der Waals surface area (Å²) in [5.41, 5.74) is 5.42. The molecule has 5 heteroatoms. The lowest BCUT2D eigenvalue weighted by Crippen LogP contribution is -2.53. The summed E-state index contributed by atoms with van der Waals surface area (Å²) in [5, 5.41) is 0. The first-order chi connectivity index (χ1) is 14.5. The number of likely N-dealkylation sites (tertiary alicyclic amines) is 1. The Bertz CT molecular complexity index is 1090. The smallest absolute Gasteiger partial charge is 0.253 e. The maximum atomic E-state index is 13.2. The summed E-state index contributed by atoms with van der Waals surface area (Å²) < 4.78 is 2.25. The average Bonchev–Trinajstić information content (AvgIpc) is 3.20. The van der Waals surface area contributed by atoms with Crippen molar-refractivity contribution in [3.05, 3.63) is 82.9 Å². The van der Waals surface area contributed by atoms with Crippen molar-refractivity contribution in [3.63, 3.8) is 0 Å². The summed E-state index contributed by atoms with van der Waals surface area (Å²) in [6.45, 7) is 6.45. The van der Waals surface area contributed by atoms with Gasteiger partial charge in [-0.25, -0.2) is 4.98 Å². The van der Waals surface area contributed by atoms with Gasteiger partial charge in [0.25, 0.3) is 5.91 Å². The molecule has 3 heterocycles. The molecule has 0 N–H and O–H groups in total. The van der Waals surface area contributed by atoms with Crippen LogP contribution in [0.25, 0.3) is 5.69 Å². The predicted molar refractivity (Wildman–Crippen MR) is 118 cm³/mol. The average molecular weight is 401 g/mol. The third kappa shape index (κ3) is 2.96. The van der Waals surface area contributed by atoms with Crippen LogP contribution in [-0.2, 0) is 12.1 Å². The van der Waals surface area contributed by atoms with Crippen LogP contribution in [0.3, 0.4) is 0 Å². The van der Waals surface area contributed by atoms with Crippen molar-refractivity contribution in [2.45, 2.75) is 38.8 Å². The van der Waals surface area contributed by atoms with Gasteiger partial charge >= 0.3 is 0 Å². The number of aromatic nitrogens is 2. The molecule has 154 valence electrons. The van der Waals surface area contributed by atoms with Gasteiger partial charge in [-0.3, -0.25) is 9.69 Å². The number of rotatable bonds is 1. The SMILES string of the molecule is Cc1cc(C)cc(C(=O)N2CCC3(CC2)c2nccn2-c2ccccc2CN3C)c1. The molecule has 0 atom stereocenters. The summed E-state index contributed by atoms with van der Waals surface area (Å²) in [5.74, 6) is 1.23. The fourth-order valence-electron chi connectivity index (χ4n) is 5.27. The second kappa shape index (κ2) is 7.10. The van der Waals surface area contributed by atoms with Crippen molar-refractivity contribution in [1.82, 2.24) is 19.4 Å². The fourth-order valence-corrected chi connectivity index (χ4v) is 5.27. The molecule has 5 rings (SSSR count). The summed E-state index contributed by atoms with van der Waals surface area (Å²) >= 11 is 0. The first-order valence-electron chi connectivity index (χ1n) is 10.7. The molecule has 2 aliphatic heterocycles. The molecule has 1 aromatic heterocycles. The first kappa shape index (κ1) is 19.1. The van der Waals surface area contributed by atoms with Gasteiger partial charge in [0.15, 0.2) is 0 Å². The van der Waals surface area contributed by atoms with E-state index in [4.69, 9.17) is 4.98 Å². The standard InChI is InChI=1S/C25H28N4O/c1-18-14-19(2)16-21(15-18)23(30)28-11-8-25(9-12-28)24-26-10-13-29(24)22-7-5-4-6-20(22)17-27(25)3/h4-7,10,13-16H,8-9,11-12,17H2,1-3H3. The molecule has 5 nitrogen and oxygen atoms in total. The number of fused-ring (bicyclic) bond motifs is 4. The van der Waals surface area contributed by atoms with E-state index in [1.54, 1.807) is 0 Å². The third-order valence-corrected chi connectivity index (χ3v) is 6.79. The van der Waals surface area contributed by atoms with Gasteiger partial charge in [0.2, 0.25) is 0 Å². The van der Waals surface area contributed by atoms with Gasteiger partial charge in [-0.15, -0.1) is 0 Å². The van der Waals surface area contributed by atoms with Gasteiger partial charge in [-0.1, -0.05) is 35.4 Å². The minimum atomic E-state index is -0.165. The van der Waals surface area contributed by atoms with E-state index < -0.39 is 0 Å². The van der Waals surface area contributed by atoms with Crippen molar-refractivity contribution in [3.8, 4) is 5.69 Å². The van der Waals surface area contributed by atoms with Gasteiger partial charge in [0.1, 0.15) is 5.82 Å². The molecule has 2 aromatic carbocycles. The van der Waals surface area contributed by atoms with Crippen molar-refractivity contribution < 1.29 is 4.79 Å². The van der Waals surface area contributed by atoms with Crippen LogP contribution in [-0.4, -0.2) is 45.4 Å². The van der Waals surface area contributed by atoms with Crippen LogP contribution in [0.5, 0.6) is 0 Å². The molecule has 1 amide bonds. The zero-order chi connectivity index (χ0) is 20.9. The number of nitrogens with zero attached hydrogens (tertiary/aromatic N) is 4. The van der Waals surface area contributed by atoms with Crippen molar-refractivity contribution in [1.29, 1.82) is 0 Å². The molecule has 0 aliphatic carbocycles. The van der Waals surface area contributed by atoms with Crippen molar-refractivity contribution in [2.75, 3.05) is 20.1 Å². The Morgan fingerprint density at radius 1 is 1.03 bits per heavy atom. The Balaban J connectivity index is 1.45. The van der Waals surface area contributed by atoms with Crippen molar-refractivity contribution >= 4 is 5.91 Å². The monoisotopic (exact) mass is 400 g/mol. The number of aryl methyl sites for hydroxylation is 2. The van der Waals surface area contributed by atoms with Gasteiger partial charge in [0.05, 0.1) is 11.2 Å². The first-order valence-corrected chi connectivity index (χ1v) is 10.7. The number of para-hydroxylation sites is 1. The molecule has 1 fully saturated rings. The molecule has 0 radical (unpaired) electrons. The lowest BCUT2D eigenvalue weighted by Gasteiger charge is -2.46. The van der Waals surface area contributed by atoms with Gasteiger partial charge < -0.3 is 9.47 Å². The molecular formula is C25H28N4O. The summed E-state index contributed by atoms with van der Waals surface area (Å²) in [6, 6.07) is 14.7. The summed E-state index contributed by atoms with van der Waals surface area (Å²) in [4.78, 5) is 22.5. The van der Waals surface area contributed by atoms with E-state index >= 15 is 0 Å². The highest BCUT2D eigenvalue weighted by molar-refractivity contribution is 5.94. The molecule has 2 aliphatic rings. The molecule has 3 aromatic rings. The van der Waals surface area contributed by atoms with Crippen LogP contribution in [0.15, 0.2) is 54.9 Å². The van der Waals surface area contributed by atoms with E-state index in [0.717, 1.165) is 55.0 Å². The largest absolute Gasteiger partial charge is 0.338 e. The highest BCUT2D eigenvalue weighted by Gasteiger charge is 2.45. The lowest BCUT2D eigenvalue weighted by atomic mass is 9.84. The molecule has 1 spiro atoms. The minimum Gasteiger partial charge on any atom is -0.338 e. The van der Waals surface area contributed by atoms with E-state index in [1.165, 1.54) is 11.3 Å². The Morgan fingerprint density at radius 3 is 2.47 bits per heavy atom. The minimum absolute atomic E-state index is 0.138. The second-order valence-electron chi connectivity index (χ2n) is 8.81. The van der Waals surface area contributed by atoms with E-state index in [0.29, 0.717) is 0 Å². The highest BCUT2D eigenvalue weighted by Crippen LogP contribution is 2.42. The molecule has 0 unspecified atom stereocenters. The van der Waals surface area contributed by atoms with Crippen LogP contribution >= 0.6 is 0 Å². The Hall–Kier alpha value is -2.92. The summed E-state index contributed by atoms with van der Waals surface area (Å²) in [7, 11) is 2.20. The van der Waals surface area contributed by atoms with Gasteiger partial charge in [-0.2, -0.15) is 0 Å². The number of imidazole rings is 1. The Morgan fingerprint density at radius 2 is 1.73 bits per heavy atom. The lowest BCUT2D eigenvalue weighted by molar-refractivity contribution is 0.0230. The number of hydrogen-bond acceptors (Lipinski definition) is 3. The second-order valence-corrected chi connectivity index (χ2v) is 8.81. The van der Waals surface area contributed by atoms with Gasteiger partial charge in [-0.05, 0) is 57.5 Å². The molecular weight excluding hydrogens is 372 g/mol. The molecule has 1 saturated heterocycles. The van der Waals surface area contributed by atoms with E-state index in [-0.39, 0.29) is 11.4 Å². The highest BCUT2D eigenvalue weighted by atomic mass is 16.2. The fraction of sp³-hybridized carbons (Fsp3) is 0.360. The third-order valence-electron chi connectivity index (χ3n) is 6.79. The van der Waals surface area contributed by atoms with Crippen LogP contribution < -0.4 is 0 Å². The zero-order valence-electron chi connectivity index (χ0n) is 17.9. The van der Waals surface area contributed by atoms with E-state index in [2.05, 4.69) is 53.0 Å². The molecule has 0 saturated carbocycles. The van der Waals surface area contributed by atoms with Crippen LogP contribution in [0, 0.1) is 13.8 Å². The van der Waals surface area contributed by atoms with E-state index in [1.807, 2.05) is 37.1 Å². The maximum Gasteiger partial charge on any atom is 0.253 e. The molecule has 0 bridgehead atoms. The quantitative estimate of drug-likeness (QED) is 0.618. The van der Waals surface area contributed by atoms with Crippen LogP contribution in [0.4, 0.5) is 0 Å². The topological polar surface area (TPSA) is 41.4 Å². The number of amides is 1. The van der Waals surface area contributed by atoms with Crippen LogP contribution in [0.1, 0.15) is 45.7 Å². The van der Waals surface area contributed by atoms with Crippen LogP contribution in [0.2, 0.25) is 0 Å². The van der Waals surface area contributed by atoms with E-state index in [9.17, 15) is 4.79 Å². The maximum absolute atomic E-state index is 13.2. The van der Waals surface area contributed by atoms with Crippen molar-refractivity contribution in [2.24, 2.45) is 0 Å². The Kier molecular flexibility index (Phi) is 4.51. The molecule has 30 heavy (non-hydrogen) atoms. The normalized spacial score (nSPS) is 18.0. The van der Waals surface area contributed by atoms with Gasteiger partial charge in [0, 0.05) is 37.6 Å². The zero-order valence-corrected chi connectivity index (χ0v) is 17.9. The number of piperidine rings is 1. The Labute approximate surface area is 178 Å². The summed E-state index contributed by atoms with van der Waals surface area (Å²) in [6.07, 6.45) is 5.73.